The van der Waals surface area contributed by atoms with Gasteiger partial charge in [-0.2, -0.15) is 0 Å². The molecule has 0 aliphatic carbocycles. The van der Waals surface area contributed by atoms with Crippen molar-refractivity contribution in [2.45, 2.75) is 25.9 Å². The third kappa shape index (κ3) is 5.24. The Morgan fingerprint density at radius 2 is 1.83 bits per heavy atom. The lowest BCUT2D eigenvalue weighted by Gasteiger charge is -2.34. The summed E-state index contributed by atoms with van der Waals surface area (Å²) in [5, 5.41) is 2.64. The van der Waals surface area contributed by atoms with Crippen LogP contribution in [0, 0.1) is 6.92 Å². The Labute approximate surface area is 201 Å². The third-order valence-electron chi connectivity index (χ3n) is 5.79. The van der Waals surface area contributed by atoms with Crippen LogP contribution >= 0.6 is 0 Å². The molecule has 4 rings (SSSR count). The number of ether oxygens (including phenoxy) is 2. The summed E-state index contributed by atoms with van der Waals surface area (Å²) in [7, 11) is 1.27. The third-order valence-corrected chi connectivity index (χ3v) is 5.79. The van der Waals surface area contributed by atoms with Gasteiger partial charge in [-0.1, -0.05) is 30.3 Å². The molecule has 3 aromatic rings. The summed E-state index contributed by atoms with van der Waals surface area (Å²) >= 11 is 0. The SMILES string of the molecule is COC(=O)c1ccc(C)c(NC(=O)COC(=O)[C@@H]2Cc3ccccc3CN2C(=O)c2ccco2)c1. The molecule has 1 aromatic heterocycles. The monoisotopic (exact) mass is 476 g/mol. The standard InChI is InChI=1S/C26H24N2O7/c1-16-9-10-18(25(31)33-2)12-20(16)27-23(29)15-35-26(32)21-13-17-6-3-4-7-19(17)14-28(21)24(30)22-8-5-11-34-22/h3-12,21H,13-15H2,1-2H3,(H,27,29)/t21-/m0/s1. The number of esters is 2. The molecular formula is C26H24N2O7. The summed E-state index contributed by atoms with van der Waals surface area (Å²) in [6.45, 7) is 1.42. The van der Waals surface area contributed by atoms with E-state index in [9.17, 15) is 19.2 Å². The Kier molecular flexibility index (Phi) is 6.96. The molecule has 1 aliphatic heterocycles. The Balaban J connectivity index is 1.45. The van der Waals surface area contributed by atoms with E-state index < -0.39 is 36.4 Å². The molecule has 0 saturated carbocycles. The minimum absolute atomic E-state index is 0.112. The van der Waals surface area contributed by atoms with Crippen molar-refractivity contribution in [3.8, 4) is 0 Å². The minimum Gasteiger partial charge on any atom is -0.465 e. The van der Waals surface area contributed by atoms with Crippen LogP contribution in [-0.2, 0) is 32.0 Å². The molecule has 0 spiro atoms. The van der Waals surface area contributed by atoms with Crippen molar-refractivity contribution in [2.75, 3.05) is 19.0 Å². The second kappa shape index (κ2) is 10.3. The second-order valence-corrected chi connectivity index (χ2v) is 8.08. The normalized spacial score (nSPS) is 14.6. The number of amides is 2. The van der Waals surface area contributed by atoms with Crippen LogP contribution in [0.1, 0.15) is 37.6 Å². The number of aryl methyl sites for hydroxylation is 1. The number of carbonyl (C=O) groups excluding carboxylic acids is 4. The number of nitrogens with one attached hydrogen (secondary N) is 1. The quantitative estimate of drug-likeness (QED) is 0.544. The van der Waals surface area contributed by atoms with Gasteiger partial charge in [0, 0.05) is 18.7 Å². The molecule has 180 valence electrons. The maximum Gasteiger partial charge on any atom is 0.337 e. The summed E-state index contributed by atoms with van der Waals surface area (Å²) in [5.74, 6) is -2.14. The topological polar surface area (TPSA) is 115 Å². The number of anilines is 1. The van der Waals surface area contributed by atoms with Gasteiger partial charge in [0.05, 0.1) is 18.9 Å². The molecule has 2 aromatic carbocycles. The number of rotatable bonds is 6. The van der Waals surface area contributed by atoms with Gasteiger partial charge in [-0.15, -0.1) is 0 Å². The van der Waals surface area contributed by atoms with Gasteiger partial charge in [-0.05, 0) is 47.9 Å². The molecule has 0 bridgehead atoms. The predicted molar refractivity (Wildman–Crippen MR) is 125 cm³/mol. The van der Waals surface area contributed by atoms with E-state index in [-0.39, 0.29) is 24.3 Å². The lowest BCUT2D eigenvalue weighted by atomic mass is 9.93. The van der Waals surface area contributed by atoms with Crippen LogP contribution in [0.5, 0.6) is 0 Å². The van der Waals surface area contributed by atoms with Gasteiger partial charge in [-0.3, -0.25) is 9.59 Å². The predicted octanol–water partition coefficient (Wildman–Crippen LogP) is 3.12. The van der Waals surface area contributed by atoms with Gasteiger partial charge in [-0.25, -0.2) is 9.59 Å². The van der Waals surface area contributed by atoms with Gasteiger partial charge in [0.25, 0.3) is 11.8 Å². The lowest BCUT2D eigenvalue weighted by Crippen LogP contribution is -2.49. The molecule has 2 amide bonds. The van der Waals surface area contributed by atoms with Crippen molar-refractivity contribution < 1.29 is 33.1 Å². The van der Waals surface area contributed by atoms with E-state index in [1.165, 1.54) is 30.4 Å². The number of benzene rings is 2. The van der Waals surface area contributed by atoms with Gasteiger partial charge in [0.1, 0.15) is 6.04 Å². The Morgan fingerprint density at radius 3 is 2.54 bits per heavy atom. The first-order valence-corrected chi connectivity index (χ1v) is 10.9. The van der Waals surface area contributed by atoms with Gasteiger partial charge < -0.3 is 24.1 Å². The molecule has 1 N–H and O–H groups in total. The zero-order valence-corrected chi connectivity index (χ0v) is 19.3. The first-order chi connectivity index (χ1) is 16.9. The van der Waals surface area contributed by atoms with E-state index >= 15 is 0 Å². The molecule has 9 heteroatoms. The van der Waals surface area contributed by atoms with Crippen molar-refractivity contribution in [3.63, 3.8) is 0 Å². The van der Waals surface area contributed by atoms with E-state index in [1.807, 2.05) is 24.3 Å². The zero-order valence-electron chi connectivity index (χ0n) is 19.3. The summed E-state index contributed by atoms with van der Waals surface area (Å²) in [5.41, 5.74) is 3.25. The highest BCUT2D eigenvalue weighted by Crippen LogP contribution is 2.26. The molecular weight excluding hydrogens is 452 g/mol. The number of methoxy groups -OCH3 is 1. The molecule has 1 aliphatic rings. The highest BCUT2D eigenvalue weighted by Gasteiger charge is 2.37. The molecule has 2 heterocycles. The molecule has 0 unspecified atom stereocenters. The lowest BCUT2D eigenvalue weighted by molar-refractivity contribution is -0.152. The number of carbonyl (C=O) groups is 4. The summed E-state index contributed by atoms with van der Waals surface area (Å²) in [4.78, 5) is 51.7. The largest absolute Gasteiger partial charge is 0.465 e. The zero-order chi connectivity index (χ0) is 24.9. The van der Waals surface area contributed by atoms with Crippen LogP contribution in [-0.4, -0.2) is 48.4 Å². The molecule has 35 heavy (non-hydrogen) atoms. The van der Waals surface area contributed by atoms with Gasteiger partial charge in [0.15, 0.2) is 12.4 Å². The number of nitrogens with zero attached hydrogens (tertiary/aromatic N) is 1. The van der Waals surface area contributed by atoms with E-state index in [1.54, 1.807) is 25.1 Å². The van der Waals surface area contributed by atoms with E-state index in [0.29, 0.717) is 5.69 Å². The van der Waals surface area contributed by atoms with Crippen LogP contribution in [0.3, 0.4) is 0 Å². The first kappa shape index (κ1) is 23.7. The molecule has 9 nitrogen and oxygen atoms in total. The average molecular weight is 476 g/mol. The van der Waals surface area contributed by atoms with Crippen molar-refractivity contribution in [1.29, 1.82) is 0 Å². The van der Waals surface area contributed by atoms with Crippen LogP contribution in [0.15, 0.2) is 65.3 Å². The Bertz CT molecular complexity index is 1270. The fourth-order valence-electron chi connectivity index (χ4n) is 3.91. The maximum absolute atomic E-state index is 13.0. The van der Waals surface area contributed by atoms with E-state index in [4.69, 9.17) is 13.9 Å². The van der Waals surface area contributed by atoms with Crippen LogP contribution in [0.25, 0.3) is 0 Å². The Hall–Kier alpha value is -4.40. The fraction of sp³-hybridized carbons (Fsp3) is 0.231. The number of fused-ring (bicyclic) bond motifs is 1. The summed E-state index contributed by atoms with van der Waals surface area (Å²) < 4.78 is 15.2. The first-order valence-electron chi connectivity index (χ1n) is 10.9. The van der Waals surface area contributed by atoms with Gasteiger partial charge >= 0.3 is 11.9 Å². The highest BCUT2D eigenvalue weighted by atomic mass is 16.5. The van der Waals surface area contributed by atoms with Crippen molar-refractivity contribution in [2.24, 2.45) is 0 Å². The number of furan rings is 1. The molecule has 1 atom stereocenters. The molecule has 0 radical (unpaired) electrons. The summed E-state index contributed by atoms with van der Waals surface area (Å²) in [6.07, 6.45) is 1.64. The van der Waals surface area contributed by atoms with Crippen molar-refractivity contribution in [3.05, 3.63) is 88.9 Å². The summed E-state index contributed by atoms with van der Waals surface area (Å²) in [6, 6.07) is 14.5. The fourth-order valence-corrected chi connectivity index (χ4v) is 3.91. The van der Waals surface area contributed by atoms with Crippen molar-refractivity contribution in [1.82, 2.24) is 4.90 Å². The van der Waals surface area contributed by atoms with E-state index in [0.717, 1.165) is 16.7 Å². The van der Waals surface area contributed by atoms with Crippen LogP contribution < -0.4 is 5.32 Å². The molecule has 0 fully saturated rings. The Morgan fingerprint density at radius 1 is 1.06 bits per heavy atom. The second-order valence-electron chi connectivity index (χ2n) is 8.08. The van der Waals surface area contributed by atoms with Crippen LogP contribution in [0.4, 0.5) is 5.69 Å². The average Bonchev–Trinajstić information content (AvgIpc) is 3.42. The van der Waals surface area contributed by atoms with Crippen LogP contribution in [0.2, 0.25) is 0 Å². The van der Waals surface area contributed by atoms with E-state index in [2.05, 4.69) is 5.32 Å². The number of hydrogen-bond donors (Lipinski definition) is 1. The van der Waals surface area contributed by atoms with Crippen molar-refractivity contribution >= 4 is 29.4 Å². The highest BCUT2D eigenvalue weighted by molar-refractivity contribution is 5.98. The smallest absolute Gasteiger partial charge is 0.337 e. The van der Waals surface area contributed by atoms with Gasteiger partial charge in [0.2, 0.25) is 0 Å². The molecule has 0 saturated heterocycles. The maximum atomic E-state index is 13.0. The minimum atomic E-state index is -0.917. The number of hydrogen-bond acceptors (Lipinski definition) is 7.